The highest BCUT2D eigenvalue weighted by Crippen LogP contribution is 2.27. The molecule has 5 nitrogen and oxygen atoms in total. The molecule has 5 heteroatoms. The van der Waals surface area contributed by atoms with Crippen LogP contribution >= 0.6 is 0 Å². The topological polar surface area (TPSA) is 80.4 Å². The van der Waals surface area contributed by atoms with Crippen LogP contribution in [0.2, 0.25) is 0 Å². The number of hydrogen-bond acceptors (Lipinski definition) is 3. The van der Waals surface area contributed by atoms with Crippen molar-refractivity contribution in [1.29, 1.82) is 0 Å². The minimum absolute atomic E-state index is 0.0715. The molecule has 104 valence electrons. The second kappa shape index (κ2) is 5.82. The number of nitro benzene ring substituents is 1. The average Bonchev–Trinajstić information content (AvgIpc) is 2.28. The molecule has 0 aromatic heterocycles. The molecule has 19 heavy (non-hydrogen) atoms. The van der Waals surface area contributed by atoms with Gasteiger partial charge in [-0.2, -0.15) is 0 Å². The molecule has 0 fully saturated rings. The molecule has 0 amide bonds. The predicted molar refractivity (Wildman–Crippen MR) is 72.0 cm³/mol. The summed E-state index contributed by atoms with van der Waals surface area (Å²) in [5.41, 5.74) is 0.307. The second-order valence-corrected chi connectivity index (χ2v) is 5.63. The summed E-state index contributed by atoms with van der Waals surface area (Å²) in [6, 6.07) is 6.40. The third-order valence-corrected chi connectivity index (χ3v) is 3.17. The third kappa shape index (κ3) is 4.35. The smallest absolute Gasteiger partial charge is 0.309 e. The van der Waals surface area contributed by atoms with Crippen LogP contribution in [-0.2, 0) is 11.2 Å². The highest BCUT2D eigenvalue weighted by molar-refractivity contribution is 5.73. The number of non-ortho nitro benzene ring substituents is 1. The zero-order chi connectivity index (χ0) is 14.6. The molecule has 0 bridgehead atoms. The number of carboxylic acid groups (broad SMARTS) is 1. The molecule has 0 saturated carbocycles. The van der Waals surface area contributed by atoms with Gasteiger partial charge in [0.05, 0.1) is 10.3 Å². The maximum Gasteiger partial charge on any atom is 0.309 e. The summed E-state index contributed by atoms with van der Waals surface area (Å²) in [5, 5.41) is 19.6. The molecule has 1 N–H and O–H groups in total. The Morgan fingerprint density at radius 1 is 1.37 bits per heavy atom. The fraction of sp³-hybridized carbons (Fsp3) is 0.500. The lowest BCUT2D eigenvalue weighted by Crippen LogP contribution is -2.26. The monoisotopic (exact) mass is 265 g/mol. The molecular formula is C14H19NO4. The van der Waals surface area contributed by atoms with Gasteiger partial charge in [-0.25, -0.2) is 0 Å². The second-order valence-electron chi connectivity index (χ2n) is 5.63. The van der Waals surface area contributed by atoms with E-state index in [1.807, 2.05) is 6.92 Å². The Bertz CT molecular complexity index is 465. The van der Waals surface area contributed by atoms with Crippen molar-refractivity contribution in [2.75, 3.05) is 0 Å². The number of carbonyl (C=O) groups is 1. The van der Waals surface area contributed by atoms with Gasteiger partial charge in [-0.3, -0.25) is 14.9 Å². The van der Waals surface area contributed by atoms with E-state index in [4.69, 9.17) is 5.11 Å². The molecule has 0 aliphatic carbocycles. The number of benzene rings is 1. The van der Waals surface area contributed by atoms with E-state index in [1.165, 1.54) is 12.1 Å². The van der Waals surface area contributed by atoms with Crippen LogP contribution < -0.4 is 0 Å². The zero-order valence-electron chi connectivity index (χ0n) is 11.4. The molecule has 0 aliphatic rings. The van der Waals surface area contributed by atoms with Gasteiger partial charge in [0.15, 0.2) is 0 Å². The number of rotatable bonds is 6. The van der Waals surface area contributed by atoms with Gasteiger partial charge in [-0.05, 0) is 38.2 Å². The van der Waals surface area contributed by atoms with Crippen molar-refractivity contribution in [3.05, 3.63) is 39.9 Å². The summed E-state index contributed by atoms with van der Waals surface area (Å²) in [7, 11) is 0. The van der Waals surface area contributed by atoms with Crippen LogP contribution in [0, 0.1) is 21.4 Å². The molecule has 1 atom stereocenters. The van der Waals surface area contributed by atoms with Crippen LogP contribution in [0.5, 0.6) is 0 Å². The molecule has 0 aliphatic heterocycles. The minimum atomic E-state index is -0.803. The zero-order valence-corrected chi connectivity index (χ0v) is 11.4. The first-order chi connectivity index (χ1) is 8.72. The van der Waals surface area contributed by atoms with Crippen LogP contribution in [-0.4, -0.2) is 16.0 Å². The SMILES string of the molecule is C[C@@H](Cc1ccc([N+](=O)[O-])cc1)CC(C)(C)C(=O)O. The van der Waals surface area contributed by atoms with Crippen LogP contribution in [0.1, 0.15) is 32.8 Å². The van der Waals surface area contributed by atoms with E-state index in [-0.39, 0.29) is 11.6 Å². The number of carboxylic acids is 1. The molecule has 1 aromatic carbocycles. The van der Waals surface area contributed by atoms with Crippen molar-refractivity contribution in [2.24, 2.45) is 11.3 Å². The highest BCUT2D eigenvalue weighted by Gasteiger charge is 2.29. The quantitative estimate of drug-likeness (QED) is 0.632. The summed E-state index contributed by atoms with van der Waals surface area (Å²) < 4.78 is 0. The largest absolute Gasteiger partial charge is 0.481 e. The Morgan fingerprint density at radius 2 is 1.89 bits per heavy atom. The predicted octanol–water partition coefficient (Wildman–Crippen LogP) is 3.27. The Labute approximate surface area is 112 Å². The molecular weight excluding hydrogens is 246 g/mol. The fourth-order valence-corrected chi connectivity index (χ4v) is 2.19. The van der Waals surface area contributed by atoms with Gasteiger partial charge in [0.25, 0.3) is 5.69 Å². The van der Waals surface area contributed by atoms with Crippen LogP contribution in [0.15, 0.2) is 24.3 Å². The lowest BCUT2D eigenvalue weighted by Gasteiger charge is -2.23. The van der Waals surface area contributed by atoms with Gasteiger partial charge < -0.3 is 5.11 Å². The van der Waals surface area contributed by atoms with Crippen molar-refractivity contribution >= 4 is 11.7 Å². The van der Waals surface area contributed by atoms with E-state index in [0.717, 1.165) is 5.56 Å². The summed E-state index contributed by atoms with van der Waals surface area (Å²) in [6.07, 6.45) is 1.29. The van der Waals surface area contributed by atoms with Gasteiger partial charge in [0.1, 0.15) is 0 Å². The van der Waals surface area contributed by atoms with E-state index in [9.17, 15) is 14.9 Å². The average molecular weight is 265 g/mol. The first kappa shape index (κ1) is 15.1. The maximum absolute atomic E-state index is 11.1. The normalized spacial score (nSPS) is 13.0. The van der Waals surface area contributed by atoms with Crippen LogP contribution in [0.4, 0.5) is 5.69 Å². The molecule has 0 spiro atoms. The Morgan fingerprint density at radius 3 is 2.32 bits per heavy atom. The first-order valence-corrected chi connectivity index (χ1v) is 6.19. The van der Waals surface area contributed by atoms with Crippen LogP contribution in [0.3, 0.4) is 0 Å². The summed E-state index contributed by atoms with van der Waals surface area (Å²) in [4.78, 5) is 21.2. The van der Waals surface area contributed by atoms with Crippen LogP contribution in [0.25, 0.3) is 0 Å². The van der Waals surface area contributed by atoms with E-state index < -0.39 is 16.3 Å². The van der Waals surface area contributed by atoms with E-state index in [2.05, 4.69) is 0 Å². The van der Waals surface area contributed by atoms with Gasteiger partial charge >= 0.3 is 5.97 Å². The molecule has 1 aromatic rings. The van der Waals surface area contributed by atoms with Crippen molar-refractivity contribution in [2.45, 2.75) is 33.6 Å². The summed E-state index contributed by atoms with van der Waals surface area (Å²) in [5.74, 6) is -0.601. The number of nitro groups is 1. The summed E-state index contributed by atoms with van der Waals surface area (Å²) >= 11 is 0. The molecule has 1 rings (SSSR count). The fourth-order valence-electron chi connectivity index (χ4n) is 2.19. The number of aliphatic carboxylic acids is 1. The minimum Gasteiger partial charge on any atom is -0.481 e. The maximum atomic E-state index is 11.1. The molecule has 0 radical (unpaired) electrons. The standard InChI is InChI=1S/C14H19NO4/c1-10(9-14(2,3)13(16)17)8-11-4-6-12(7-5-11)15(18)19/h4-7,10H,8-9H2,1-3H3,(H,16,17)/t10-/m0/s1. The lowest BCUT2D eigenvalue weighted by molar-refractivity contribution is -0.384. The van der Waals surface area contributed by atoms with E-state index in [0.29, 0.717) is 12.8 Å². The number of hydrogen-bond donors (Lipinski definition) is 1. The van der Waals surface area contributed by atoms with Gasteiger partial charge in [0.2, 0.25) is 0 Å². The van der Waals surface area contributed by atoms with Crippen molar-refractivity contribution < 1.29 is 14.8 Å². The van der Waals surface area contributed by atoms with E-state index >= 15 is 0 Å². The van der Waals surface area contributed by atoms with Crippen molar-refractivity contribution in [3.63, 3.8) is 0 Å². The summed E-state index contributed by atoms with van der Waals surface area (Å²) in [6.45, 7) is 5.41. The van der Waals surface area contributed by atoms with Gasteiger partial charge in [-0.1, -0.05) is 19.1 Å². The van der Waals surface area contributed by atoms with Gasteiger partial charge in [-0.15, -0.1) is 0 Å². The number of nitrogens with zero attached hydrogens (tertiary/aromatic N) is 1. The van der Waals surface area contributed by atoms with E-state index in [1.54, 1.807) is 26.0 Å². The van der Waals surface area contributed by atoms with Gasteiger partial charge in [0, 0.05) is 12.1 Å². The molecule has 0 heterocycles. The lowest BCUT2D eigenvalue weighted by atomic mass is 9.81. The molecule has 0 unspecified atom stereocenters. The first-order valence-electron chi connectivity index (χ1n) is 6.19. The third-order valence-electron chi connectivity index (χ3n) is 3.17. The Hall–Kier alpha value is -1.91. The Kier molecular flexibility index (Phi) is 4.64. The van der Waals surface area contributed by atoms with Crippen molar-refractivity contribution in [1.82, 2.24) is 0 Å². The molecule has 0 saturated heterocycles. The Balaban J connectivity index is 2.64. The van der Waals surface area contributed by atoms with Crippen molar-refractivity contribution in [3.8, 4) is 0 Å². The highest BCUT2D eigenvalue weighted by atomic mass is 16.6.